The largest absolute Gasteiger partial charge is 0.366 e. The summed E-state index contributed by atoms with van der Waals surface area (Å²) >= 11 is 8.60. The molecule has 2 amide bonds. The predicted octanol–water partition coefficient (Wildman–Crippen LogP) is 3.23. The SMILES string of the molecule is NC(=O)c1ccsc1NC(=O)CSc1ccccc1Cl. The number of benzene rings is 1. The zero-order chi connectivity index (χ0) is 14.5. The molecule has 0 aliphatic rings. The number of nitrogens with two attached hydrogens (primary N) is 1. The molecule has 4 nitrogen and oxygen atoms in total. The van der Waals surface area contributed by atoms with Crippen molar-refractivity contribution in [3.05, 3.63) is 46.3 Å². The average Bonchev–Trinajstić information content (AvgIpc) is 2.86. The molecule has 20 heavy (non-hydrogen) atoms. The molecule has 0 bridgehead atoms. The summed E-state index contributed by atoms with van der Waals surface area (Å²) in [5.74, 6) is -0.556. The Labute approximate surface area is 129 Å². The molecule has 2 aromatic rings. The summed E-state index contributed by atoms with van der Waals surface area (Å²) in [6, 6.07) is 8.89. The average molecular weight is 327 g/mol. The van der Waals surface area contributed by atoms with Gasteiger partial charge in [-0.3, -0.25) is 9.59 Å². The summed E-state index contributed by atoms with van der Waals surface area (Å²) in [5, 5.41) is 5.47. The second kappa shape index (κ2) is 6.78. The fourth-order valence-electron chi connectivity index (χ4n) is 1.47. The number of amides is 2. The van der Waals surface area contributed by atoms with E-state index in [1.807, 2.05) is 18.2 Å². The minimum atomic E-state index is -0.555. The van der Waals surface area contributed by atoms with Crippen molar-refractivity contribution < 1.29 is 9.59 Å². The molecule has 0 spiro atoms. The highest BCUT2D eigenvalue weighted by Gasteiger charge is 2.13. The molecular formula is C13H11ClN2O2S2. The van der Waals surface area contributed by atoms with Crippen LogP contribution in [-0.4, -0.2) is 17.6 Å². The van der Waals surface area contributed by atoms with Crippen LogP contribution in [0.3, 0.4) is 0 Å². The summed E-state index contributed by atoms with van der Waals surface area (Å²) in [5.41, 5.74) is 5.54. The lowest BCUT2D eigenvalue weighted by molar-refractivity contribution is -0.113. The zero-order valence-corrected chi connectivity index (χ0v) is 12.6. The van der Waals surface area contributed by atoms with Gasteiger partial charge < -0.3 is 11.1 Å². The van der Waals surface area contributed by atoms with Gasteiger partial charge in [-0.2, -0.15) is 0 Å². The third-order valence-corrected chi connectivity index (χ3v) is 4.72. The normalized spacial score (nSPS) is 10.2. The summed E-state index contributed by atoms with van der Waals surface area (Å²) < 4.78 is 0. The van der Waals surface area contributed by atoms with E-state index in [9.17, 15) is 9.59 Å². The molecule has 0 fully saturated rings. The third kappa shape index (κ3) is 3.75. The summed E-state index contributed by atoms with van der Waals surface area (Å²) in [4.78, 5) is 23.8. The monoisotopic (exact) mass is 326 g/mol. The molecule has 0 radical (unpaired) electrons. The molecule has 1 aromatic heterocycles. The van der Waals surface area contributed by atoms with E-state index in [4.69, 9.17) is 17.3 Å². The summed E-state index contributed by atoms with van der Waals surface area (Å²) in [6.45, 7) is 0. The Bertz CT molecular complexity index is 643. The molecule has 0 aliphatic carbocycles. The van der Waals surface area contributed by atoms with Crippen molar-refractivity contribution in [2.45, 2.75) is 4.90 Å². The van der Waals surface area contributed by atoms with Gasteiger partial charge in [-0.1, -0.05) is 23.7 Å². The maximum atomic E-state index is 11.8. The molecule has 3 N–H and O–H groups in total. The van der Waals surface area contributed by atoms with Gasteiger partial charge >= 0.3 is 0 Å². The minimum Gasteiger partial charge on any atom is -0.366 e. The fourth-order valence-corrected chi connectivity index (χ4v) is 3.32. The van der Waals surface area contributed by atoms with E-state index < -0.39 is 5.91 Å². The molecule has 0 unspecified atom stereocenters. The Morgan fingerprint density at radius 1 is 1.30 bits per heavy atom. The molecule has 2 rings (SSSR count). The quantitative estimate of drug-likeness (QED) is 0.828. The number of thiophene rings is 1. The second-order valence-electron chi connectivity index (χ2n) is 3.79. The van der Waals surface area contributed by atoms with E-state index in [2.05, 4.69) is 5.32 Å². The van der Waals surface area contributed by atoms with Gasteiger partial charge in [0.1, 0.15) is 5.00 Å². The van der Waals surface area contributed by atoms with Gasteiger partial charge in [0.15, 0.2) is 0 Å². The van der Waals surface area contributed by atoms with Crippen LogP contribution >= 0.6 is 34.7 Å². The number of rotatable bonds is 5. The first-order valence-corrected chi connectivity index (χ1v) is 7.86. The number of hydrogen-bond acceptors (Lipinski definition) is 4. The van der Waals surface area contributed by atoms with Crippen LogP contribution in [0.1, 0.15) is 10.4 Å². The third-order valence-electron chi connectivity index (χ3n) is 2.38. The van der Waals surface area contributed by atoms with Crippen molar-refractivity contribution in [3.63, 3.8) is 0 Å². The fraction of sp³-hybridized carbons (Fsp3) is 0.0769. The highest BCUT2D eigenvalue weighted by molar-refractivity contribution is 8.00. The van der Waals surface area contributed by atoms with Crippen LogP contribution in [0.2, 0.25) is 5.02 Å². The number of primary amides is 1. The van der Waals surface area contributed by atoms with Crippen LogP contribution in [-0.2, 0) is 4.79 Å². The second-order valence-corrected chi connectivity index (χ2v) is 6.14. The van der Waals surface area contributed by atoms with E-state index >= 15 is 0 Å². The van der Waals surface area contributed by atoms with Crippen LogP contribution < -0.4 is 11.1 Å². The topological polar surface area (TPSA) is 72.2 Å². The van der Waals surface area contributed by atoms with Gasteiger partial charge in [0.2, 0.25) is 5.91 Å². The number of thioether (sulfide) groups is 1. The number of anilines is 1. The van der Waals surface area contributed by atoms with Gasteiger partial charge in [0.05, 0.1) is 16.3 Å². The van der Waals surface area contributed by atoms with Gasteiger partial charge in [-0.25, -0.2) is 0 Å². The Morgan fingerprint density at radius 2 is 2.05 bits per heavy atom. The van der Waals surface area contributed by atoms with E-state index in [1.165, 1.54) is 23.1 Å². The number of hydrogen-bond donors (Lipinski definition) is 2. The molecule has 0 saturated carbocycles. The number of halogens is 1. The molecule has 1 heterocycles. The standard InChI is InChI=1S/C13H11ClN2O2S2/c14-9-3-1-2-4-10(9)20-7-11(17)16-13-8(12(15)18)5-6-19-13/h1-6H,7H2,(H2,15,18)(H,16,17). The van der Waals surface area contributed by atoms with Crippen LogP contribution in [0.25, 0.3) is 0 Å². The molecule has 0 aliphatic heterocycles. The van der Waals surface area contributed by atoms with E-state index in [0.717, 1.165) is 4.90 Å². The molecule has 7 heteroatoms. The minimum absolute atomic E-state index is 0.208. The van der Waals surface area contributed by atoms with Crippen LogP contribution in [0.15, 0.2) is 40.6 Å². The number of carbonyl (C=O) groups is 2. The first-order valence-electron chi connectivity index (χ1n) is 5.62. The molecule has 104 valence electrons. The number of nitrogens with one attached hydrogen (secondary N) is 1. The maximum absolute atomic E-state index is 11.8. The summed E-state index contributed by atoms with van der Waals surface area (Å²) in [7, 11) is 0. The molecule has 1 aromatic carbocycles. The Morgan fingerprint density at radius 3 is 2.75 bits per heavy atom. The lowest BCUT2D eigenvalue weighted by atomic mass is 10.3. The Hall–Kier alpha value is -1.50. The highest BCUT2D eigenvalue weighted by Crippen LogP contribution is 2.27. The van der Waals surface area contributed by atoms with Gasteiger partial charge in [-0.15, -0.1) is 23.1 Å². The van der Waals surface area contributed by atoms with Crippen molar-refractivity contribution in [3.8, 4) is 0 Å². The molecule has 0 atom stereocenters. The van der Waals surface area contributed by atoms with E-state index in [-0.39, 0.29) is 11.7 Å². The first-order chi connectivity index (χ1) is 9.58. The molecule has 0 saturated heterocycles. The van der Waals surface area contributed by atoms with Crippen molar-refractivity contribution >= 4 is 51.5 Å². The van der Waals surface area contributed by atoms with E-state index in [1.54, 1.807) is 17.5 Å². The van der Waals surface area contributed by atoms with Crippen LogP contribution in [0.5, 0.6) is 0 Å². The predicted molar refractivity (Wildman–Crippen MR) is 83.6 cm³/mol. The van der Waals surface area contributed by atoms with Crippen molar-refractivity contribution in [2.24, 2.45) is 5.73 Å². The maximum Gasteiger partial charge on any atom is 0.251 e. The lowest BCUT2D eigenvalue weighted by Gasteiger charge is -2.05. The van der Waals surface area contributed by atoms with Gasteiger partial charge in [0.25, 0.3) is 5.91 Å². The first kappa shape index (κ1) is 14.9. The number of carbonyl (C=O) groups excluding carboxylic acids is 2. The lowest BCUT2D eigenvalue weighted by Crippen LogP contribution is -2.17. The Kier molecular flexibility index (Phi) is 5.05. The van der Waals surface area contributed by atoms with Gasteiger partial charge in [-0.05, 0) is 23.6 Å². The van der Waals surface area contributed by atoms with Crippen molar-refractivity contribution in [1.29, 1.82) is 0 Å². The van der Waals surface area contributed by atoms with Crippen LogP contribution in [0.4, 0.5) is 5.00 Å². The van der Waals surface area contributed by atoms with Gasteiger partial charge in [0, 0.05) is 4.90 Å². The summed E-state index contributed by atoms with van der Waals surface area (Å²) in [6.07, 6.45) is 0. The highest BCUT2D eigenvalue weighted by atomic mass is 35.5. The van der Waals surface area contributed by atoms with Crippen molar-refractivity contribution in [2.75, 3.05) is 11.1 Å². The Balaban J connectivity index is 1.95. The van der Waals surface area contributed by atoms with Crippen LogP contribution in [0, 0.1) is 0 Å². The smallest absolute Gasteiger partial charge is 0.251 e. The van der Waals surface area contributed by atoms with E-state index in [0.29, 0.717) is 15.6 Å². The zero-order valence-electron chi connectivity index (χ0n) is 10.3. The molecular weight excluding hydrogens is 316 g/mol. The van der Waals surface area contributed by atoms with Crippen molar-refractivity contribution in [1.82, 2.24) is 0 Å².